The lowest BCUT2D eigenvalue weighted by Crippen LogP contribution is -2.29. The Hall–Kier alpha value is -2.25. The fourth-order valence-electron chi connectivity index (χ4n) is 3.26. The molecule has 3 aromatic rings. The molecule has 25 heavy (non-hydrogen) atoms. The van der Waals surface area contributed by atoms with Gasteiger partial charge in [0.25, 0.3) is 0 Å². The summed E-state index contributed by atoms with van der Waals surface area (Å²) in [5, 5.41) is 16.3. The second-order valence-corrected chi connectivity index (χ2v) is 7.32. The van der Waals surface area contributed by atoms with Crippen LogP contribution in [0.2, 0.25) is 0 Å². The van der Waals surface area contributed by atoms with Crippen molar-refractivity contribution in [2.24, 2.45) is 0 Å². The Balaban J connectivity index is 1.50. The van der Waals surface area contributed by atoms with Crippen molar-refractivity contribution in [1.29, 1.82) is 0 Å². The molecule has 1 aliphatic heterocycles. The summed E-state index contributed by atoms with van der Waals surface area (Å²) < 4.78 is 0. The van der Waals surface area contributed by atoms with Crippen LogP contribution in [0.4, 0.5) is 5.82 Å². The predicted octanol–water partition coefficient (Wildman–Crippen LogP) is 3.32. The van der Waals surface area contributed by atoms with Crippen LogP contribution in [0, 0.1) is 6.92 Å². The van der Waals surface area contributed by atoms with Gasteiger partial charge in [-0.2, -0.15) is 5.10 Å². The van der Waals surface area contributed by atoms with E-state index in [9.17, 15) is 0 Å². The van der Waals surface area contributed by atoms with Gasteiger partial charge in [0.2, 0.25) is 0 Å². The summed E-state index contributed by atoms with van der Waals surface area (Å²) in [4.78, 5) is 10.4. The van der Waals surface area contributed by atoms with E-state index >= 15 is 0 Å². The average Bonchev–Trinajstić information content (AvgIpc) is 3.31. The number of rotatable bonds is 5. The molecule has 0 aliphatic carbocycles. The monoisotopic (exact) mass is 354 g/mol. The van der Waals surface area contributed by atoms with Gasteiger partial charge in [0.1, 0.15) is 11.6 Å². The molecule has 4 heterocycles. The maximum Gasteiger partial charge on any atom is 0.130 e. The molecule has 1 aliphatic rings. The second-order valence-electron chi connectivity index (χ2n) is 6.37. The van der Waals surface area contributed by atoms with Crippen molar-refractivity contribution in [2.45, 2.75) is 32.2 Å². The lowest BCUT2D eigenvalue weighted by Gasteiger charge is -2.22. The molecule has 3 aromatic heterocycles. The van der Waals surface area contributed by atoms with Crippen molar-refractivity contribution < 1.29 is 0 Å². The quantitative estimate of drug-likeness (QED) is 0.655. The van der Waals surface area contributed by atoms with Crippen molar-refractivity contribution >= 4 is 17.2 Å². The highest BCUT2D eigenvalue weighted by atomic mass is 32.1. The SMILES string of the molecule is Cc1nc(NCc2cn[nH]c2-c2cccs2)cc([C@H]2CCCNC2)n1. The molecule has 3 N–H and O–H groups in total. The first kappa shape index (κ1) is 16.2. The predicted molar refractivity (Wildman–Crippen MR) is 101 cm³/mol. The van der Waals surface area contributed by atoms with Crippen molar-refractivity contribution in [2.75, 3.05) is 18.4 Å². The third kappa shape index (κ3) is 3.72. The first-order valence-corrected chi connectivity index (χ1v) is 9.54. The lowest BCUT2D eigenvalue weighted by molar-refractivity contribution is 0.453. The van der Waals surface area contributed by atoms with E-state index in [1.807, 2.05) is 13.1 Å². The van der Waals surface area contributed by atoms with Crippen LogP contribution in [0.25, 0.3) is 10.6 Å². The van der Waals surface area contributed by atoms with Crippen LogP contribution in [0.5, 0.6) is 0 Å². The fourth-order valence-corrected chi connectivity index (χ4v) is 4.02. The minimum atomic E-state index is 0.478. The molecule has 4 rings (SSSR count). The van der Waals surface area contributed by atoms with Crippen LogP contribution in [-0.4, -0.2) is 33.3 Å². The van der Waals surface area contributed by atoms with Gasteiger partial charge in [0, 0.05) is 30.6 Å². The molecular formula is C18H22N6S. The van der Waals surface area contributed by atoms with Gasteiger partial charge >= 0.3 is 0 Å². The lowest BCUT2D eigenvalue weighted by atomic mass is 9.96. The normalized spacial score (nSPS) is 17.6. The van der Waals surface area contributed by atoms with Crippen molar-refractivity contribution in [1.82, 2.24) is 25.5 Å². The van der Waals surface area contributed by atoms with Gasteiger partial charge < -0.3 is 10.6 Å². The first-order valence-electron chi connectivity index (χ1n) is 8.66. The number of H-pyrrole nitrogens is 1. The topological polar surface area (TPSA) is 78.5 Å². The average molecular weight is 354 g/mol. The summed E-state index contributed by atoms with van der Waals surface area (Å²) in [7, 11) is 0. The summed E-state index contributed by atoms with van der Waals surface area (Å²) in [6, 6.07) is 6.25. The van der Waals surface area contributed by atoms with Crippen molar-refractivity contribution in [3.63, 3.8) is 0 Å². The molecule has 0 unspecified atom stereocenters. The summed E-state index contributed by atoms with van der Waals surface area (Å²) in [6.45, 7) is 4.75. The maximum absolute atomic E-state index is 4.65. The Bertz CT molecular complexity index is 820. The number of piperidine rings is 1. The van der Waals surface area contributed by atoms with E-state index in [0.717, 1.165) is 41.7 Å². The Morgan fingerprint density at radius 1 is 1.36 bits per heavy atom. The van der Waals surface area contributed by atoms with E-state index in [1.165, 1.54) is 17.7 Å². The number of aromatic nitrogens is 4. The molecule has 0 radical (unpaired) electrons. The molecule has 0 aromatic carbocycles. The van der Waals surface area contributed by atoms with Gasteiger partial charge in [-0.3, -0.25) is 5.10 Å². The van der Waals surface area contributed by atoms with Crippen LogP contribution < -0.4 is 10.6 Å². The number of nitrogens with zero attached hydrogens (tertiary/aromatic N) is 3. The van der Waals surface area contributed by atoms with E-state index in [-0.39, 0.29) is 0 Å². The molecule has 1 atom stereocenters. The molecule has 0 saturated carbocycles. The highest BCUT2D eigenvalue weighted by Gasteiger charge is 2.18. The molecule has 130 valence electrons. The minimum Gasteiger partial charge on any atom is -0.366 e. The summed E-state index contributed by atoms with van der Waals surface area (Å²) in [6.07, 6.45) is 4.27. The Morgan fingerprint density at radius 3 is 3.12 bits per heavy atom. The van der Waals surface area contributed by atoms with E-state index in [1.54, 1.807) is 11.3 Å². The fraction of sp³-hybridized carbons (Fsp3) is 0.389. The molecule has 0 amide bonds. The largest absolute Gasteiger partial charge is 0.366 e. The number of aromatic amines is 1. The molecule has 1 fully saturated rings. The van der Waals surface area contributed by atoms with Gasteiger partial charge in [-0.05, 0) is 37.8 Å². The Morgan fingerprint density at radius 2 is 2.32 bits per heavy atom. The second kappa shape index (κ2) is 7.33. The zero-order valence-electron chi connectivity index (χ0n) is 14.2. The zero-order chi connectivity index (χ0) is 17.1. The zero-order valence-corrected chi connectivity index (χ0v) is 15.1. The maximum atomic E-state index is 4.65. The summed E-state index contributed by atoms with van der Waals surface area (Å²) >= 11 is 1.71. The summed E-state index contributed by atoms with van der Waals surface area (Å²) in [5.74, 6) is 2.18. The summed E-state index contributed by atoms with van der Waals surface area (Å²) in [5.41, 5.74) is 3.34. The smallest absolute Gasteiger partial charge is 0.130 e. The minimum absolute atomic E-state index is 0.478. The van der Waals surface area contributed by atoms with Gasteiger partial charge in [0.05, 0.1) is 22.5 Å². The molecule has 0 spiro atoms. The van der Waals surface area contributed by atoms with Gasteiger partial charge in [-0.25, -0.2) is 9.97 Å². The van der Waals surface area contributed by atoms with E-state index in [4.69, 9.17) is 0 Å². The third-order valence-corrected chi connectivity index (χ3v) is 5.41. The molecule has 0 bridgehead atoms. The van der Waals surface area contributed by atoms with Crippen LogP contribution in [-0.2, 0) is 6.54 Å². The van der Waals surface area contributed by atoms with Gasteiger partial charge in [-0.15, -0.1) is 11.3 Å². The molecule has 7 heteroatoms. The van der Waals surface area contributed by atoms with Crippen molar-refractivity contribution in [3.05, 3.63) is 46.9 Å². The van der Waals surface area contributed by atoms with Gasteiger partial charge in [-0.1, -0.05) is 6.07 Å². The molecule has 6 nitrogen and oxygen atoms in total. The van der Waals surface area contributed by atoms with E-state index < -0.39 is 0 Å². The Labute approximate surface area is 151 Å². The molecule has 1 saturated heterocycles. The third-order valence-electron chi connectivity index (χ3n) is 4.52. The highest BCUT2D eigenvalue weighted by molar-refractivity contribution is 7.13. The number of nitrogens with one attached hydrogen (secondary N) is 3. The molecular weight excluding hydrogens is 332 g/mol. The number of hydrogen-bond acceptors (Lipinski definition) is 6. The standard InChI is InChI=1S/C18H22N6S/c1-12-22-15(13-4-2-6-19-9-13)8-17(23-12)20-10-14-11-21-24-18(14)16-5-3-7-25-16/h3,5,7-8,11,13,19H,2,4,6,9-10H2,1H3,(H,21,24)(H,20,22,23)/t13-/m0/s1. The van der Waals surface area contributed by atoms with Crippen LogP contribution in [0.1, 0.15) is 35.8 Å². The number of anilines is 1. The number of aryl methyl sites for hydroxylation is 1. The van der Waals surface area contributed by atoms with Crippen LogP contribution >= 0.6 is 11.3 Å². The highest BCUT2D eigenvalue weighted by Crippen LogP contribution is 2.27. The van der Waals surface area contributed by atoms with E-state index in [2.05, 4.69) is 54.4 Å². The van der Waals surface area contributed by atoms with E-state index in [0.29, 0.717) is 12.5 Å². The first-order chi connectivity index (χ1) is 12.3. The van der Waals surface area contributed by atoms with Gasteiger partial charge in [0.15, 0.2) is 0 Å². The van der Waals surface area contributed by atoms with Crippen LogP contribution in [0.15, 0.2) is 29.8 Å². The number of hydrogen-bond donors (Lipinski definition) is 3. The van der Waals surface area contributed by atoms with Crippen LogP contribution in [0.3, 0.4) is 0 Å². The number of thiophene rings is 1. The van der Waals surface area contributed by atoms with Crippen molar-refractivity contribution in [3.8, 4) is 10.6 Å². The Kier molecular flexibility index (Phi) is 4.76.